The van der Waals surface area contributed by atoms with E-state index in [1.54, 1.807) is 42.2 Å². The summed E-state index contributed by atoms with van der Waals surface area (Å²) in [4.78, 5) is 23.4. The maximum atomic E-state index is 11.9. The summed E-state index contributed by atoms with van der Waals surface area (Å²) < 4.78 is 0. The molecule has 1 aromatic heterocycles. The number of amides is 1. The highest BCUT2D eigenvalue weighted by Gasteiger charge is 2.09. The zero-order chi connectivity index (χ0) is 15.1. The van der Waals surface area contributed by atoms with Gasteiger partial charge in [0.1, 0.15) is 5.03 Å². The zero-order valence-electron chi connectivity index (χ0n) is 11.6. The van der Waals surface area contributed by atoms with Crippen LogP contribution < -0.4 is 5.32 Å². The lowest BCUT2D eigenvalue weighted by molar-refractivity contribution is -0.116. The second-order valence-electron chi connectivity index (χ2n) is 4.41. The molecule has 0 fully saturated rings. The number of rotatable bonds is 7. The number of para-hydroxylation sites is 1. The molecule has 0 aliphatic heterocycles. The quantitative estimate of drug-likeness (QED) is 0.466. The Labute approximate surface area is 126 Å². The van der Waals surface area contributed by atoms with E-state index in [9.17, 15) is 9.59 Å². The molecule has 0 aliphatic rings. The van der Waals surface area contributed by atoms with E-state index in [0.717, 1.165) is 17.2 Å². The lowest BCUT2D eigenvalue weighted by Gasteiger charge is -2.08. The van der Waals surface area contributed by atoms with Crippen molar-refractivity contribution in [2.75, 3.05) is 11.1 Å². The van der Waals surface area contributed by atoms with Crippen LogP contribution in [-0.2, 0) is 4.79 Å². The Morgan fingerprint density at radius 2 is 2.14 bits per heavy atom. The molecule has 0 unspecified atom stereocenters. The van der Waals surface area contributed by atoms with Crippen LogP contribution in [0, 0.1) is 0 Å². The summed E-state index contributed by atoms with van der Waals surface area (Å²) in [5.74, 6) is 0.630. The third-order valence-corrected chi connectivity index (χ3v) is 3.76. The van der Waals surface area contributed by atoms with E-state index in [4.69, 9.17) is 0 Å². The molecule has 110 valence electrons. The van der Waals surface area contributed by atoms with Gasteiger partial charge in [0.2, 0.25) is 5.91 Å². The summed E-state index contributed by atoms with van der Waals surface area (Å²) >= 11 is 1.54. The molecule has 1 amide bonds. The minimum Gasteiger partial charge on any atom is -0.325 e. The van der Waals surface area contributed by atoms with Gasteiger partial charge in [-0.25, -0.2) is 0 Å². The van der Waals surface area contributed by atoms with Gasteiger partial charge in [-0.05, 0) is 25.5 Å². The molecule has 0 atom stereocenters. The van der Waals surface area contributed by atoms with Crippen LogP contribution >= 0.6 is 11.8 Å². The van der Waals surface area contributed by atoms with Gasteiger partial charge < -0.3 is 5.32 Å². The number of aromatic amines is 1. The lowest BCUT2D eigenvalue weighted by Crippen LogP contribution is -2.13. The van der Waals surface area contributed by atoms with Crippen LogP contribution in [0.25, 0.3) is 0 Å². The van der Waals surface area contributed by atoms with E-state index >= 15 is 0 Å². The van der Waals surface area contributed by atoms with Crippen molar-refractivity contribution < 1.29 is 9.59 Å². The fraction of sp³-hybridized carbons (Fsp3) is 0.286. The van der Waals surface area contributed by atoms with Crippen LogP contribution in [-0.4, -0.2) is 32.9 Å². The number of Topliss-reactive ketones (excluding diaryl/α,β-unsaturated/α-hetero) is 1. The molecule has 7 heteroatoms. The molecular formula is C14H16N4O2S. The van der Waals surface area contributed by atoms with Crippen molar-refractivity contribution in [3.05, 3.63) is 36.0 Å². The number of hydrogen-bond donors (Lipinski definition) is 2. The maximum absolute atomic E-state index is 11.9. The van der Waals surface area contributed by atoms with E-state index in [1.807, 2.05) is 0 Å². The van der Waals surface area contributed by atoms with Crippen LogP contribution in [0.1, 0.15) is 30.1 Å². The molecule has 0 bridgehead atoms. The molecule has 0 spiro atoms. The van der Waals surface area contributed by atoms with Crippen molar-refractivity contribution in [2.45, 2.75) is 24.8 Å². The van der Waals surface area contributed by atoms with Crippen molar-refractivity contribution in [2.24, 2.45) is 0 Å². The van der Waals surface area contributed by atoms with Gasteiger partial charge in [0.05, 0.1) is 11.9 Å². The van der Waals surface area contributed by atoms with Gasteiger partial charge in [0.15, 0.2) is 5.78 Å². The normalized spacial score (nSPS) is 10.3. The van der Waals surface area contributed by atoms with E-state index in [2.05, 4.69) is 20.7 Å². The van der Waals surface area contributed by atoms with Gasteiger partial charge in [0.25, 0.3) is 0 Å². The molecule has 2 N–H and O–H groups in total. The van der Waals surface area contributed by atoms with E-state index in [-0.39, 0.29) is 11.7 Å². The zero-order valence-corrected chi connectivity index (χ0v) is 12.4. The first-order valence-electron chi connectivity index (χ1n) is 6.55. The fourth-order valence-electron chi connectivity index (χ4n) is 1.78. The second kappa shape index (κ2) is 7.58. The summed E-state index contributed by atoms with van der Waals surface area (Å²) in [7, 11) is 0. The van der Waals surface area contributed by atoms with Crippen molar-refractivity contribution in [3.63, 3.8) is 0 Å². The molecule has 1 heterocycles. The molecule has 21 heavy (non-hydrogen) atoms. The van der Waals surface area contributed by atoms with Gasteiger partial charge >= 0.3 is 0 Å². The number of anilines is 1. The van der Waals surface area contributed by atoms with E-state index in [1.165, 1.54) is 6.92 Å². The number of carbonyl (C=O) groups excluding carboxylic acids is 2. The molecule has 0 aliphatic carbocycles. The Morgan fingerprint density at radius 1 is 1.33 bits per heavy atom. The van der Waals surface area contributed by atoms with Crippen LogP contribution in [0.2, 0.25) is 0 Å². The Bertz CT molecular complexity index is 613. The first-order chi connectivity index (χ1) is 10.2. The predicted molar refractivity (Wildman–Crippen MR) is 81.4 cm³/mol. The van der Waals surface area contributed by atoms with Crippen LogP contribution in [0.15, 0.2) is 35.5 Å². The number of benzene rings is 1. The van der Waals surface area contributed by atoms with Gasteiger partial charge in [-0.15, -0.1) is 16.9 Å². The summed E-state index contributed by atoms with van der Waals surface area (Å²) in [5.41, 5.74) is 1.10. The number of ketones is 1. The lowest BCUT2D eigenvalue weighted by atomic mass is 10.1. The molecule has 0 saturated heterocycles. The smallest absolute Gasteiger partial charge is 0.224 e. The van der Waals surface area contributed by atoms with Crippen molar-refractivity contribution in [3.8, 4) is 0 Å². The molecule has 0 saturated carbocycles. The monoisotopic (exact) mass is 304 g/mol. The Kier molecular flexibility index (Phi) is 5.51. The first-order valence-corrected chi connectivity index (χ1v) is 7.54. The van der Waals surface area contributed by atoms with Crippen LogP contribution in [0.5, 0.6) is 0 Å². The average molecular weight is 304 g/mol. The highest BCUT2D eigenvalue weighted by Crippen LogP contribution is 2.17. The number of carbonyl (C=O) groups is 2. The van der Waals surface area contributed by atoms with Crippen molar-refractivity contribution >= 4 is 29.1 Å². The largest absolute Gasteiger partial charge is 0.325 e. The Hall–Kier alpha value is -2.15. The number of nitrogens with zero attached hydrogens (tertiary/aromatic N) is 2. The summed E-state index contributed by atoms with van der Waals surface area (Å²) in [5, 5.41) is 13.8. The highest BCUT2D eigenvalue weighted by molar-refractivity contribution is 7.99. The summed E-state index contributed by atoms with van der Waals surface area (Å²) in [6.07, 6.45) is 2.77. The fourth-order valence-corrected chi connectivity index (χ4v) is 2.51. The second-order valence-corrected chi connectivity index (χ2v) is 5.53. The molecule has 2 rings (SSSR count). The number of aromatic nitrogens is 3. The van der Waals surface area contributed by atoms with Crippen molar-refractivity contribution in [1.82, 2.24) is 15.4 Å². The van der Waals surface area contributed by atoms with Gasteiger partial charge in [-0.3, -0.25) is 9.59 Å². The molecule has 1 aromatic carbocycles. The number of hydrogen-bond acceptors (Lipinski definition) is 5. The minimum absolute atomic E-state index is 0.0625. The van der Waals surface area contributed by atoms with E-state index < -0.39 is 0 Å². The Balaban J connectivity index is 1.78. The minimum atomic E-state index is -0.0931. The molecule has 2 aromatic rings. The third kappa shape index (κ3) is 4.71. The number of thioether (sulfide) groups is 1. The van der Waals surface area contributed by atoms with Gasteiger partial charge in [-0.2, -0.15) is 10.3 Å². The number of nitrogens with one attached hydrogen (secondary N) is 2. The summed E-state index contributed by atoms with van der Waals surface area (Å²) in [6.45, 7) is 1.49. The topological polar surface area (TPSA) is 87.7 Å². The number of H-pyrrole nitrogens is 1. The van der Waals surface area contributed by atoms with E-state index in [0.29, 0.717) is 17.7 Å². The highest BCUT2D eigenvalue weighted by atomic mass is 32.2. The Morgan fingerprint density at radius 3 is 2.86 bits per heavy atom. The van der Waals surface area contributed by atoms with Gasteiger partial charge in [0, 0.05) is 17.7 Å². The van der Waals surface area contributed by atoms with Crippen molar-refractivity contribution in [1.29, 1.82) is 0 Å². The van der Waals surface area contributed by atoms with Crippen LogP contribution in [0.3, 0.4) is 0 Å². The van der Waals surface area contributed by atoms with Gasteiger partial charge in [-0.1, -0.05) is 12.1 Å². The third-order valence-electron chi connectivity index (χ3n) is 2.77. The molecule has 0 radical (unpaired) electrons. The standard InChI is InChI=1S/C14H16N4O2S/c1-10(19)11-5-2-3-6-12(11)16-13(20)7-4-8-21-14-9-15-18-17-14/h2-3,5-6,9H,4,7-8H2,1H3,(H,16,20)(H,15,17,18). The molecule has 6 nitrogen and oxygen atoms in total. The van der Waals surface area contributed by atoms with Crippen LogP contribution in [0.4, 0.5) is 5.69 Å². The predicted octanol–water partition coefficient (Wildman–Crippen LogP) is 2.52. The SMILES string of the molecule is CC(=O)c1ccccc1NC(=O)CCCSc1cn[nH]n1. The average Bonchev–Trinajstić information content (AvgIpc) is 2.97. The maximum Gasteiger partial charge on any atom is 0.224 e. The first kappa shape index (κ1) is 15.2. The molecular weight excluding hydrogens is 288 g/mol. The summed E-state index contributed by atoms with van der Waals surface area (Å²) in [6, 6.07) is 7.01.